The minimum absolute atomic E-state index is 0.00165. The summed E-state index contributed by atoms with van der Waals surface area (Å²) in [5, 5.41) is 19.4. The Labute approximate surface area is 141 Å². The van der Waals surface area contributed by atoms with E-state index in [1.54, 1.807) is 24.3 Å². The summed E-state index contributed by atoms with van der Waals surface area (Å²) in [4.78, 5) is 0.334. The molecule has 1 atom stereocenters. The van der Waals surface area contributed by atoms with E-state index in [0.29, 0.717) is 30.1 Å². The largest absolute Gasteiger partial charge is 0.504 e. The molecule has 0 bridgehead atoms. The van der Waals surface area contributed by atoms with Crippen molar-refractivity contribution in [2.24, 2.45) is 0 Å². The Bertz CT molecular complexity index is 858. The van der Waals surface area contributed by atoms with Gasteiger partial charge in [-0.05, 0) is 42.2 Å². The molecule has 1 aliphatic rings. The van der Waals surface area contributed by atoms with Crippen LogP contribution in [-0.2, 0) is 16.3 Å². The maximum absolute atomic E-state index is 12.3. The molecule has 5 nitrogen and oxygen atoms in total. The Morgan fingerprint density at radius 3 is 2.75 bits per heavy atom. The highest BCUT2D eigenvalue weighted by Gasteiger charge is 2.26. The fourth-order valence-electron chi connectivity index (χ4n) is 3.00. The monoisotopic (exact) mass is 348 g/mol. The van der Waals surface area contributed by atoms with Crippen LogP contribution in [-0.4, -0.2) is 31.0 Å². The molecule has 6 heteroatoms. The van der Waals surface area contributed by atoms with Gasteiger partial charge in [0.2, 0.25) is 5.75 Å². The maximum atomic E-state index is 12.3. The Hall–Kier alpha value is -2.21. The smallest absolute Gasteiger partial charge is 0.200 e. The lowest BCUT2D eigenvalue weighted by molar-refractivity contribution is 0.246. The summed E-state index contributed by atoms with van der Waals surface area (Å²) >= 11 is 0. The zero-order chi connectivity index (χ0) is 17.3. The van der Waals surface area contributed by atoms with Gasteiger partial charge >= 0.3 is 0 Å². The number of sulfone groups is 1. The average molecular weight is 348 g/mol. The number of hydrogen-bond acceptors (Lipinski definition) is 5. The van der Waals surface area contributed by atoms with Gasteiger partial charge in [0.15, 0.2) is 21.3 Å². The van der Waals surface area contributed by atoms with E-state index >= 15 is 0 Å². The van der Waals surface area contributed by atoms with E-state index < -0.39 is 9.84 Å². The van der Waals surface area contributed by atoms with Crippen LogP contribution in [0.15, 0.2) is 41.3 Å². The van der Waals surface area contributed by atoms with E-state index in [0.717, 1.165) is 11.1 Å². The third-order valence-electron chi connectivity index (χ3n) is 4.25. The summed E-state index contributed by atoms with van der Waals surface area (Å²) in [6, 6.07) is 10.1. The molecule has 24 heavy (non-hydrogen) atoms. The average Bonchev–Trinajstić information content (AvgIpc) is 2.58. The molecule has 2 N–H and O–H groups in total. The lowest BCUT2D eigenvalue weighted by Crippen LogP contribution is -2.19. The van der Waals surface area contributed by atoms with Crippen molar-refractivity contribution in [2.45, 2.75) is 30.6 Å². The van der Waals surface area contributed by atoms with E-state index in [1.807, 2.05) is 13.0 Å². The molecule has 0 aromatic heterocycles. The van der Waals surface area contributed by atoms with E-state index in [1.165, 1.54) is 6.07 Å². The van der Waals surface area contributed by atoms with Crippen molar-refractivity contribution in [2.75, 3.05) is 12.4 Å². The van der Waals surface area contributed by atoms with Crippen LogP contribution in [0.4, 0.5) is 0 Å². The number of benzene rings is 2. The molecule has 2 aromatic rings. The standard InChI is InChI=1S/C18H20O5S/c1-2-8-24(21,22)15-5-3-4-12(10-15)14-9-13-6-7-16(19)17(20)18(13)23-11-14/h3-7,10,14,19-20H,2,8-9,11H2,1H3. The Kier molecular flexibility index (Phi) is 4.41. The van der Waals surface area contributed by atoms with Gasteiger partial charge in [-0.1, -0.05) is 25.1 Å². The second kappa shape index (κ2) is 6.36. The fourth-order valence-corrected chi connectivity index (χ4v) is 4.37. The van der Waals surface area contributed by atoms with Crippen LogP contribution >= 0.6 is 0 Å². The third kappa shape index (κ3) is 3.06. The minimum Gasteiger partial charge on any atom is -0.504 e. The van der Waals surface area contributed by atoms with E-state index in [4.69, 9.17) is 4.74 Å². The molecule has 0 amide bonds. The van der Waals surface area contributed by atoms with E-state index in [9.17, 15) is 18.6 Å². The molecule has 1 heterocycles. The lowest BCUT2D eigenvalue weighted by atomic mass is 9.90. The molecule has 0 spiro atoms. The van der Waals surface area contributed by atoms with Crippen molar-refractivity contribution >= 4 is 9.84 Å². The van der Waals surface area contributed by atoms with Crippen molar-refractivity contribution in [3.63, 3.8) is 0 Å². The Balaban J connectivity index is 1.90. The molecule has 0 radical (unpaired) electrons. The molecule has 128 valence electrons. The number of hydrogen-bond donors (Lipinski definition) is 2. The molecule has 0 saturated heterocycles. The zero-order valence-corrected chi connectivity index (χ0v) is 14.2. The van der Waals surface area contributed by atoms with Gasteiger partial charge in [0.25, 0.3) is 0 Å². The van der Waals surface area contributed by atoms with Gasteiger partial charge in [-0.2, -0.15) is 0 Å². The Morgan fingerprint density at radius 1 is 1.21 bits per heavy atom. The summed E-state index contributed by atoms with van der Waals surface area (Å²) in [7, 11) is -3.26. The predicted molar refractivity (Wildman–Crippen MR) is 90.5 cm³/mol. The summed E-state index contributed by atoms with van der Waals surface area (Å²) in [6.45, 7) is 2.16. The normalized spacial score (nSPS) is 17.1. The van der Waals surface area contributed by atoms with Crippen molar-refractivity contribution in [1.82, 2.24) is 0 Å². The molecule has 0 saturated carbocycles. The van der Waals surface area contributed by atoms with Gasteiger partial charge in [0.1, 0.15) is 0 Å². The quantitative estimate of drug-likeness (QED) is 0.830. The summed E-state index contributed by atoms with van der Waals surface area (Å²) in [6.07, 6.45) is 1.19. The molecule has 0 fully saturated rings. The van der Waals surface area contributed by atoms with Gasteiger partial charge < -0.3 is 14.9 Å². The predicted octanol–water partition coefficient (Wildman–Crippen LogP) is 3.00. The van der Waals surface area contributed by atoms with Gasteiger partial charge in [-0.15, -0.1) is 0 Å². The van der Waals surface area contributed by atoms with Crippen molar-refractivity contribution in [1.29, 1.82) is 0 Å². The summed E-state index contributed by atoms with van der Waals surface area (Å²) in [5.41, 5.74) is 1.69. The number of phenolic OH excluding ortho intramolecular Hbond substituents is 2. The van der Waals surface area contributed by atoms with Gasteiger partial charge in [-0.25, -0.2) is 8.42 Å². The van der Waals surface area contributed by atoms with Crippen molar-refractivity contribution in [3.05, 3.63) is 47.5 Å². The highest BCUT2D eigenvalue weighted by Crippen LogP contribution is 2.43. The molecule has 2 aromatic carbocycles. The SMILES string of the molecule is CCCS(=O)(=O)c1cccc(C2COc3c(ccc(O)c3O)C2)c1. The van der Waals surface area contributed by atoms with Crippen LogP contribution in [0.25, 0.3) is 0 Å². The first-order valence-electron chi connectivity index (χ1n) is 7.91. The number of rotatable bonds is 4. The first-order chi connectivity index (χ1) is 11.4. The topological polar surface area (TPSA) is 83.8 Å². The summed E-state index contributed by atoms with van der Waals surface area (Å²) in [5.74, 6) is -0.0162. The van der Waals surface area contributed by atoms with Crippen LogP contribution in [0, 0.1) is 0 Å². The second-order valence-electron chi connectivity index (χ2n) is 6.02. The lowest BCUT2D eigenvalue weighted by Gasteiger charge is -2.26. The first-order valence-corrected chi connectivity index (χ1v) is 9.57. The second-order valence-corrected chi connectivity index (χ2v) is 8.13. The molecular weight excluding hydrogens is 328 g/mol. The Morgan fingerprint density at radius 2 is 2.00 bits per heavy atom. The zero-order valence-electron chi connectivity index (χ0n) is 13.4. The van der Waals surface area contributed by atoms with Crippen molar-refractivity contribution < 1.29 is 23.4 Å². The van der Waals surface area contributed by atoms with Gasteiger partial charge in [0, 0.05) is 5.92 Å². The maximum Gasteiger partial charge on any atom is 0.200 e. The molecule has 1 unspecified atom stereocenters. The third-order valence-corrected chi connectivity index (χ3v) is 6.17. The number of fused-ring (bicyclic) bond motifs is 1. The van der Waals surface area contributed by atoms with Gasteiger partial charge in [0.05, 0.1) is 17.3 Å². The molecule has 1 aliphatic heterocycles. The fraction of sp³-hybridized carbons (Fsp3) is 0.333. The number of phenols is 2. The van der Waals surface area contributed by atoms with E-state index in [-0.39, 0.29) is 23.2 Å². The van der Waals surface area contributed by atoms with Gasteiger partial charge in [-0.3, -0.25) is 0 Å². The minimum atomic E-state index is -3.26. The van der Waals surface area contributed by atoms with Crippen LogP contribution in [0.5, 0.6) is 17.2 Å². The van der Waals surface area contributed by atoms with Crippen LogP contribution in [0.3, 0.4) is 0 Å². The number of aromatic hydroxyl groups is 2. The summed E-state index contributed by atoms with van der Waals surface area (Å²) < 4.78 is 30.1. The highest BCUT2D eigenvalue weighted by atomic mass is 32.2. The van der Waals surface area contributed by atoms with Crippen LogP contribution < -0.4 is 4.74 Å². The van der Waals surface area contributed by atoms with E-state index in [2.05, 4.69) is 0 Å². The van der Waals surface area contributed by atoms with Crippen LogP contribution in [0.2, 0.25) is 0 Å². The first kappa shape index (κ1) is 16.6. The highest BCUT2D eigenvalue weighted by molar-refractivity contribution is 7.91. The molecule has 3 rings (SSSR count). The van der Waals surface area contributed by atoms with Crippen molar-refractivity contribution in [3.8, 4) is 17.2 Å². The van der Waals surface area contributed by atoms with Crippen LogP contribution in [0.1, 0.15) is 30.4 Å². The molecule has 0 aliphatic carbocycles. The number of ether oxygens (including phenoxy) is 1. The molecular formula is C18H20O5S.